The van der Waals surface area contributed by atoms with E-state index >= 15 is 0 Å². The lowest BCUT2D eigenvalue weighted by Crippen LogP contribution is -2.41. The first kappa shape index (κ1) is 14.0. The van der Waals surface area contributed by atoms with Gasteiger partial charge in [-0.3, -0.25) is 4.79 Å². The van der Waals surface area contributed by atoms with Crippen LogP contribution in [0.1, 0.15) is 43.7 Å². The van der Waals surface area contributed by atoms with Crippen molar-refractivity contribution in [2.45, 2.75) is 62.1 Å². The normalized spacial score (nSPS) is 29.0. The molecule has 20 heavy (non-hydrogen) atoms. The van der Waals surface area contributed by atoms with E-state index in [1.165, 1.54) is 28.9 Å². The predicted octanol–water partition coefficient (Wildman–Crippen LogP) is 3.71. The molecule has 1 aromatic rings. The van der Waals surface area contributed by atoms with E-state index in [9.17, 15) is 4.79 Å². The number of amides is 1. The first-order chi connectivity index (χ1) is 9.61. The van der Waals surface area contributed by atoms with Crippen molar-refractivity contribution in [1.29, 1.82) is 0 Å². The molecule has 0 radical (unpaired) electrons. The Morgan fingerprint density at radius 2 is 2.00 bits per heavy atom. The molecule has 1 aliphatic carbocycles. The molecule has 108 valence electrons. The number of fused-ring (bicyclic) bond motifs is 1. The Labute approximate surface area is 125 Å². The Bertz CT molecular complexity index is 506. The molecule has 1 amide bonds. The van der Waals surface area contributed by atoms with Crippen LogP contribution in [-0.4, -0.2) is 17.2 Å². The summed E-state index contributed by atoms with van der Waals surface area (Å²) < 4.78 is 0. The van der Waals surface area contributed by atoms with Crippen molar-refractivity contribution in [3.05, 3.63) is 29.3 Å². The zero-order valence-corrected chi connectivity index (χ0v) is 13.1. The summed E-state index contributed by atoms with van der Waals surface area (Å²) in [5.41, 5.74) is 2.61. The highest BCUT2D eigenvalue weighted by atomic mass is 32.2. The Balaban J connectivity index is 1.57. The van der Waals surface area contributed by atoms with E-state index in [0.717, 1.165) is 25.2 Å². The number of thioether (sulfide) groups is 1. The van der Waals surface area contributed by atoms with Gasteiger partial charge in [0.1, 0.15) is 0 Å². The second-order valence-corrected chi connectivity index (χ2v) is 7.63. The van der Waals surface area contributed by atoms with Gasteiger partial charge in [0.25, 0.3) is 0 Å². The average Bonchev–Trinajstić information content (AvgIpc) is 2.84. The monoisotopic (exact) mass is 289 g/mol. The van der Waals surface area contributed by atoms with Gasteiger partial charge in [-0.1, -0.05) is 24.6 Å². The van der Waals surface area contributed by atoms with Crippen LogP contribution >= 0.6 is 11.8 Å². The van der Waals surface area contributed by atoms with E-state index in [1.807, 2.05) is 0 Å². The molecule has 1 aromatic carbocycles. The number of nitrogens with one attached hydrogen (secondary N) is 1. The number of hydrogen-bond donors (Lipinski definition) is 1. The van der Waals surface area contributed by atoms with Crippen LogP contribution in [0, 0.1) is 12.8 Å². The quantitative estimate of drug-likeness (QED) is 0.899. The van der Waals surface area contributed by atoms with E-state index in [4.69, 9.17) is 0 Å². The smallest absolute Gasteiger partial charge is 0.234 e. The van der Waals surface area contributed by atoms with E-state index in [-0.39, 0.29) is 11.2 Å². The van der Waals surface area contributed by atoms with E-state index in [2.05, 4.69) is 37.4 Å². The lowest BCUT2D eigenvalue weighted by Gasteiger charge is -2.27. The topological polar surface area (TPSA) is 29.1 Å². The molecule has 1 atom stereocenters. The van der Waals surface area contributed by atoms with E-state index < -0.39 is 0 Å². The SMILES string of the molecule is Cc1ccc2c(c1)SC(C(=O)NC1CCC(C)CC1)C2. The summed E-state index contributed by atoms with van der Waals surface area (Å²) in [5.74, 6) is 1.07. The van der Waals surface area contributed by atoms with Crippen LogP contribution in [-0.2, 0) is 11.2 Å². The summed E-state index contributed by atoms with van der Waals surface area (Å²) in [6.45, 7) is 4.42. The number of carbonyl (C=O) groups is 1. The molecular weight excluding hydrogens is 266 g/mol. The van der Waals surface area contributed by atoms with Crippen molar-refractivity contribution < 1.29 is 4.79 Å². The minimum absolute atomic E-state index is 0.0751. The van der Waals surface area contributed by atoms with Crippen LogP contribution in [0.2, 0.25) is 0 Å². The second kappa shape index (κ2) is 5.80. The molecule has 1 saturated carbocycles. The summed E-state index contributed by atoms with van der Waals surface area (Å²) in [6.07, 6.45) is 5.69. The molecule has 3 heteroatoms. The zero-order valence-electron chi connectivity index (χ0n) is 12.3. The van der Waals surface area contributed by atoms with Crippen LogP contribution in [0.3, 0.4) is 0 Å². The van der Waals surface area contributed by atoms with Crippen molar-refractivity contribution in [2.75, 3.05) is 0 Å². The third kappa shape index (κ3) is 3.03. The summed E-state index contributed by atoms with van der Waals surface area (Å²) in [4.78, 5) is 13.7. The predicted molar refractivity (Wildman–Crippen MR) is 84.1 cm³/mol. The average molecular weight is 289 g/mol. The molecule has 0 spiro atoms. The molecule has 1 fully saturated rings. The van der Waals surface area contributed by atoms with Crippen molar-refractivity contribution in [3.8, 4) is 0 Å². The minimum Gasteiger partial charge on any atom is -0.352 e. The van der Waals surface area contributed by atoms with Crippen LogP contribution in [0.25, 0.3) is 0 Å². The zero-order chi connectivity index (χ0) is 14.1. The molecule has 0 aromatic heterocycles. The highest BCUT2D eigenvalue weighted by molar-refractivity contribution is 8.01. The standard InChI is InChI=1S/C17H23NOS/c1-11-4-7-14(8-5-11)18-17(19)16-10-13-6-3-12(2)9-15(13)20-16/h3,6,9,11,14,16H,4-5,7-8,10H2,1-2H3,(H,18,19). The molecule has 2 nitrogen and oxygen atoms in total. The molecule has 1 unspecified atom stereocenters. The second-order valence-electron chi connectivity index (χ2n) is 6.39. The molecular formula is C17H23NOS. The molecule has 1 N–H and O–H groups in total. The summed E-state index contributed by atoms with van der Waals surface area (Å²) in [5, 5.41) is 3.35. The van der Waals surface area contributed by atoms with Crippen LogP contribution in [0.5, 0.6) is 0 Å². The first-order valence-corrected chi connectivity index (χ1v) is 8.56. The van der Waals surface area contributed by atoms with E-state index in [1.54, 1.807) is 11.8 Å². The molecule has 1 aliphatic heterocycles. The molecule has 0 saturated heterocycles. The fourth-order valence-electron chi connectivity index (χ4n) is 3.18. The molecule has 0 bridgehead atoms. The van der Waals surface area contributed by atoms with Crippen molar-refractivity contribution in [1.82, 2.24) is 5.32 Å². The number of carbonyl (C=O) groups excluding carboxylic acids is 1. The van der Waals surface area contributed by atoms with Gasteiger partial charge in [-0.05, 0) is 56.6 Å². The third-order valence-electron chi connectivity index (χ3n) is 4.55. The number of hydrogen-bond acceptors (Lipinski definition) is 2. The van der Waals surface area contributed by atoms with Gasteiger partial charge >= 0.3 is 0 Å². The molecule has 2 aliphatic rings. The van der Waals surface area contributed by atoms with Gasteiger partial charge in [0.05, 0.1) is 5.25 Å². The van der Waals surface area contributed by atoms with E-state index in [0.29, 0.717) is 6.04 Å². The van der Waals surface area contributed by atoms with Gasteiger partial charge in [0.2, 0.25) is 5.91 Å². The summed E-state index contributed by atoms with van der Waals surface area (Å²) in [7, 11) is 0. The number of benzene rings is 1. The van der Waals surface area contributed by atoms with Crippen LogP contribution < -0.4 is 5.32 Å². The number of aryl methyl sites for hydroxylation is 1. The Morgan fingerprint density at radius 3 is 2.75 bits per heavy atom. The summed E-state index contributed by atoms with van der Waals surface area (Å²) >= 11 is 1.74. The fraction of sp³-hybridized carbons (Fsp3) is 0.588. The maximum absolute atomic E-state index is 12.4. The van der Waals surface area contributed by atoms with Gasteiger partial charge < -0.3 is 5.32 Å². The van der Waals surface area contributed by atoms with Gasteiger partial charge in [-0.15, -0.1) is 11.8 Å². The van der Waals surface area contributed by atoms with Gasteiger partial charge in [-0.2, -0.15) is 0 Å². The van der Waals surface area contributed by atoms with Crippen molar-refractivity contribution in [2.24, 2.45) is 5.92 Å². The van der Waals surface area contributed by atoms with Crippen LogP contribution in [0.4, 0.5) is 0 Å². The first-order valence-electron chi connectivity index (χ1n) is 7.68. The van der Waals surface area contributed by atoms with Crippen molar-refractivity contribution >= 4 is 17.7 Å². The summed E-state index contributed by atoms with van der Waals surface area (Å²) in [6, 6.07) is 6.93. The number of rotatable bonds is 2. The fourth-order valence-corrected chi connectivity index (χ4v) is 4.48. The maximum atomic E-state index is 12.4. The largest absolute Gasteiger partial charge is 0.352 e. The van der Waals surface area contributed by atoms with Gasteiger partial charge in [0, 0.05) is 10.9 Å². The highest BCUT2D eigenvalue weighted by Gasteiger charge is 2.30. The van der Waals surface area contributed by atoms with Crippen molar-refractivity contribution in [3.63, 3.8) is 0 Å². The highest BCUT2D eigenvalue weighted by Crippen LogP contribution is 2.37. The van der Waals surface area contributed by atoms with Gasteiger partial charge in [0.15, 0.2) is 0 Å². The third-order valence-corrected chi connectivity index (χ3v) is 5.85. The van der Waals surface area contributed by atoms with Gasteiger partial charge in [-0.25, -0.2) is 0 Å². The maximum Gasteiger partial charge on any atom is 0.234 e. The Morgan fingerprint density at radius 1 is 1.25 bits per heavy atom. The lowest BCUT2D eigenvalue weighted by molar-refractivity contribution is -0.121. The minimum atomic E-state index is 0.0751. The molecule has 1 heterocycles. The van der Waals surface area contributed by atoms with Crippen LogP contribution in [0.15, 0.2) is 23.1 Å². The Hall–Kier alpha value is -0.960. The molecule has 3 rings (SSSR count). The Kier molecular flexibility index (Phi) is 4.06. The lowest BCUT2D eigenvalue weighted by atomic mass is 9.87.